The number of rotatable bonds is 5. The molecule has 4 heterocycles. The molecule has 4 rings (SSSR count). The number of carbonyl (C=O) groups is 1. The van der Waals surface area contributed by atoms with Gasteiger partial charge in [-0.3, -0.25) is 9.78 Å². The van der Waals surface area contributed by atoms with Gasteiger partial charge in [0.25, 0.3) is 0 Å². The van der Waals surface area contributed by atoms with E-state index in [-0.39, 0.29) is 5.91 Å². The minimum atomic E-state index is 0.156. The lowest BCUT2D eigenvalue weighted by atomic mass is 10.2. The molecule has 1 fully saturated rings. The Morgan fingerprint density at radius 1 is 1.22 bits per heavy atom. The second-order valence-corrected chi connectivity index (χ2v) is 7.19. The number of hydrogen-bond acceptors (Lipinski definition) is 8. The van der Waals surface area contributed by atoms with Gasteiger partial charge in [0.1, 0.15) is 5.01 Å². The van der Waals surface area contributed by atoms with Crippen LogP contribution < -0.4 is 4.90 Å². The molecule has 0 aliphatic carbocycles. The van der Waals surface area contributed by atoms with E-state index in [2.05, 4.69) is 20.2 Å². The Morgan fingerprint density at radius 3 is 2.78 bits per heavy atom. The Hall–Kier alpha value is -2.81. The van der Waals surface area contributed by atoms with Gasteiger partial charge in [0.2, 0.25) is 11.8 Å². The highest BCUT2D eigenvalue weighted by Crippen LogP contribution is 2.22. The van der Waals surface area contributed by atoms with Crippen LogP contribution in [0.4, 0.5) is 6.01 Å². The predicted molar refractivity (Wildman–Crippen MR) is 101 cm³/mol. The van der Waals surface area contributed by atoms with Crippen LogP contribution in [0.2, 0.25) is 0 Å². The summed E-state index contributed by atoms with van der Waals surface area (Å²) < 4.78 is 5.45. The second-order valence-electron chi connectivity index (χ2n) is 6.33. The minimum absolute atomic E-state index is 0.156. The molecule has 0 atom stereocenters. The number of hydrogen-bond donors (Lipinski definition) is 0. The molecule has 0 aromatic carbocycles. The van der Waals surface area contributed by atoms with Crippen molar-refractivity contribution in [2.75, 3.05) is 31.1 Å². The molecule has 0 unspecified atom stereocenters. The third-order valence-electron chi connectivity index (χ3n) is 4.45. The fourth-order valence-electron chi connectivity index (χ4n) is 2.98. The van der Waals surface area contributed by atoms with Gasteiger partial charge in [-0.05, 0) is 18.6 Å². The van der Waals surface area contributed by atoms with Gasteiger partial charge >= 0.3 is 6.01 Å². The van der Waals surface area contributed by atoms with E-state index in [1.807, 2.05) is 33.4 Å². The zero-order chi connectivity index (χ0) is 18.6. The van der Waals surface area contributed by atoms with Gasteiger partial charge in [-0.15, -0.1) is 16.4 Å². The molecule has 0 spiro atoms. The average molecular weight is 384 g/mol. The standard InChI is InChI=1S/C18H20N6O2S/c1-13-21-22-18(26-13)24-10-8-23(9-11-24)16(25)6-5-14-12-27-17(20-14)15-4-2-3-7-19-15/h2-4,7,12H,5-6,8-11H2,1H3. The summed E-state index contributed by atoms with van der Waals surface area (Å²) in [5, 5.41) is 10.8. The van der Waals surface area contributed by atoms with Crippen molar-refractivity contribution in [1.29, 1.82) is 0 Å². The van der Waals surface area contributed by atoms with Crippen LogP contribution in [0.1, 0.15) is 18.0 Å². The van der Waals surface area contributed by atoms with Crippen molar-refractivity contribution in [3.05, 3.63) is 41.4 Å². The Balaban J connectivity index is 1.27. The van der Waals surface area contributed by atoms with Crippen molar-refractivity contribution < 1.29 is 9.21 Å². The highest BCUT2D eigenvalue weighted by molar-refractivity contribution is 7.13. The number of anilines is 1. The van der Waals surface area contributed by atoms with Crippen molar-refractivity contribution in [2.45, 2.75) is 19.8 Å². The van der Waals surface area contributed by atoms with Crippen molar-refractivity contribution in [1.82, 2.24) is 25.1 Å². The minimum Gasteiger partial charge on any atom is -0.408 e. The topological polar surface area (TPSA) is 88.3 Å². The first-order valence-corrected chi connectivity index (χ1v) is 9.75. The molecule has 0 bridgehead atoms. The molecule has 1 aliphatic heterocycles. The molecule has 140 valence electrons. The van der Waals surface area contributed by atoms with Gasteiger partial charge in [0.15, 0.2) is 0 Å². The van der Waals surface area contributed by atoms with Crippen molar-refractivity contribution in [2.24, 2.45) is 0 Å². The molecule has 1 amide bonds. The summed E-state index contributed by atoms with van der Waals surface area (Å²) in [6, 6.07) is 6.31. The Kier molecular flexibility index (Phi) is 5.10. The van der Waals surface area contributed by atoms with Crippen LogP contribution in [-0.2, 0) is 11.2 Å². The summed E-state index contributed by atoms with van der Waals surface area (Å²) in [6.07, 6.45) is 2.87. The van der Waals surface area contributed by atoms with E-state index >= 15 is 0 Å². The molecule has 0 saturated carbocycles. The van der Waals surface area contributed by atoms with E-state index in [9.17, 15) is 4.79 Å². The lowest BCUT2D eigenvalue weighted by Gasteiger charge is -2.33. The lowest BCUT2D eigenvalue weighted by Crippen LogP contribution is -2.49. The summed E-state index contributed by atoms with van der Waals surface area (Å²) in [7, 11) is 0. The summed E-state index contributed by atoms with van der Waals surface area (Å²) in [4.78, 5) is 25.3. The van der Waals surface area contributed by atoms with Gasteiger partial charge < -0.3 is 14.2 Å². The van der Waals surface area contributed by atoms with E-state index in [0.29, 0.717) is 50.9 Å². The third kappa shape index (κ3) is 4.13. The van der Waals surface area contributed by atoms with E-state index < -0.39 is 0 Å². The van der Waals surface area contributed by atoms with Gasteiger partial charge in [0.05, 0.1) is 11.4 Å². The van der Waals surface area contributed by atoms with Gasteiger partial charge in [-0.25, -0.2) is 4.98 Å². The van der Waals surface area contributed by atoms with Crippen LogP contribution in [0.3, 0.4) is 0 Å². The lowest BCUT2D eigenvalue weighted by molar-refractivity contribution is -0.131. The molecule has 8 nitrogen and oxygen atoms in total. The Morgan fingerprint density at radius 2 is 2.07 bits per heavy atom. The van der Waals surface area contributed by atoms with Crippen LogP contribution in [0, 0.1) is 6.92 Å². The first kappa shape index (κ1) is 17.6. The first-order chi connectivity index (χ1) is 13.2. The highest BCUT2D eigenvalue weighted by Gasteiger charge is 2.23. The van der Waals surface area contributed by atoms with E-state index in [1.54, 1.807) is 24.5 Å². The number of thiazole rings is 1. The SMILES string of the molecule is Cc1nnc(N2CCN(C(=O)CCc3csc(-c4ccccn4)n3)CC2)o1. The maximum absolute atomic E-state index is 12.5. The fourth-order valence-corrected chi connectivity index (χ4v) is 3.81. The van der Waals surface area contributed by atoms with Crippen LogP contribution in [0.25, 0.3) is 10.7 Å². The van der Waals surface area contributed by atoms with Crippen molar-refractivity contribution in [3.8, 4) is 10.7 Å². The smallest absolute Gasteiger partial charge is 0.318 e. The normalized spacial score (nSPS) is 14.6. The Labute approximate surface area is 160 Å². The third-order valence-corrected chi connectivity index (χ3v) is 5.36. The molecule has 0 N–H and O–H groups in total. The number of aromatic nitrogens is 4. The van der Waals surface area contributed by atoms with Crippen molar-refractivity contribution in [3.63, 3.8) is 0 Å². The molecular weight excluding hydrogens is 364 g/mol. The summed E-state index contributed by atoms with van der Waals surface area (Å²) in [6.45, 7) is 4.50. The number of pyridine rings is 1. The highest BCUT2D eigenvalue weighted by atomic mass is 32.1. The molecule has 3 aromatic heterocycles. The number of aryl methyl sites for hydroxylation is 2. The number of nitrogens with zero attached hydrogens (tertiary/aromatic N) is 6. The molecule has 1 aliphatic rings. The molecule has 0 radical (unpaired) electrons. The first-order valence-electron chi connectivity index (χ1n) is 8.88. The van der Waals surface area contributed by atoms with Crippen LogP contribution in [0.15, 0.2) is 34.2 Å². The molecule has 9 heteroatoms. The zero-order valence-corrected chi connectivity index (χ0v) is 15.9. The number of piperazine rings is 1. The Bertz CT molecular complexity index is 901. The molecular formula is C18H20N6O2S. The summed E-state index contributed by atoms with van der Waals surface area (Å²) >= 11 is 1.56. The number of amides is 1. The maximum atomic E-state index is 12.5. The maximum Gasteiger partial charge on any atom is 0.318 e. The second kappa shape index (κ2) is 7.83. The molecule has 1 saturated heterocycles. The van der Waals surface area contributed by atoms with Gasteiger partial charge in [-0.1, -0.05) is 11.2 Å². The monoisotopic (exact) mass is 384 g/mol. The largest absolute Gasteiger partial charge is 0.408 e. The van der Waals surface area contributed by atoms with Crippen molar-refractivity contribution >= 4 is 23.3 Å². The predicted octanol–water partition coefficient (Wildman–Crippen LogP) is 2.18. The van der Waals surface area contributed by atoms with E-state index in [4.69, 9.17) is 4.42 Å². The molecule has 3 aromatic rings. The van der Waals surface area contributed by atoms with Gasteiger partial charge in [-0.2, -0.15) is 0 Å². The number of carbonyl (C=O) groups excluding carboxylic acids is 1. The average Bonchev–Trinajstić information content (AvgIpc) is 3.36. The van der Waals surface area contributed by atoms with Crippen LogP contribution >= 0.6 is 11.3 Å². The summed E-state index contributed by atoms with van der Waals surface area (Å²) in [5.74, 6) is 0.709. The van der Waals surface area contributed by atoms with E-state index in [1.165, 1.54) is 0 Å². The van der Waals surface area contributed by atoms with Crippen LogP contribution in [-0.4, -0.2) is 57.2 Å². The fraction of sp³-hybridized carbons (Fsp3) is 0.389. The van der Waals surface area contributed by atoms with Gasteiger partial charge in [0, 0.05) is 51.1 Å². The zero-order valence-electron chi connectivity index (χ0n) is 15.0. The van der Waals surface area contributed by atoms with E-state index in [0.717, 1.165) is 16.4 Å². The quantitative estimate of drug-likeness (QED) is 0.666. The molecule has 27 heavy (non-hydrogen) atoms. The van der Waals surface area contributed by atoms with Crippen LogP contribution in [0.5, 0.6) is 0 Å². The summed E-state index contributed by atoms with van der Waals surface area (Å²) in [5.41, 5.74) is 1.81.